The van der Waals surface area contributed by atoms with Crippen LogP contribution in [0.25, 0.3) is 10.9 Å². The summed E-state index contributed by atoms with van der Waals surface area (Å²) in [5.74, 6) is 1.87. The minimum Gasteiger partial charge on any atom is -0.487 e. The smallest absolute Gasteiger partial charge is 0.213 e. The molecule has 5 atom stereocenters. The first kappa shape index (κ1) is 29.9. The van der Waals surface area contributed by atoms with Crippen LogP contribution in [-0.2, 0) is 13.1 Å². The second-order valence-electron chi connectivity index (χ2n) is 13.6. The van der Waals surface area contributed by atoms with Crippen LogP contribution in [0.15, 0.2) is 53.7 Å². The summed E-state index contributed by atoms with van der Waals surface area (Å²) in [6, 6.07) is 9.49. The Bertz CT molecular complexity index is 1870. The second-order valence-corrected chi connectivity index (χ2v) is 13.6. The zero-order valence-electron chi connectivity index (χ0n) is 26.8. The third-order valence-corrected chi connectivity index (χ3v) is 10.6. The molecule has 0 amide bonds. The molecule has 6 heterocycles. The number of hydrogen-bond donors (Lipinski definition) is 2. The van der Waals surface area contributed by atoms with Gasteiger partial charge >= 0.3 is 0 Å². The van der Waals surface area contributed by atoms with Crippen molar-refractivity contribution < 1.29 is 13.9 Å². The van der Waals surface area contributed by atoms with Gasteiger partial charge in [-0.2, -0.15) is 0 Å². The lowest BCUT2D eigenvalue weighted by atomic mass is 10.0. The number of nitrogens with zero attached hydrogens (tertiary/aromatic N) is 6. The fourth-order valence-electron chi connectivity index (χ4n) is 7.93. The van der Waals surface area contributed by atoms with Crippen molar-refractivity contribution in [3.8, 4) is 11.6 Å². The van der Waals surface area contributed by atoms with E-state index in [1.807, 2.05) is 36.7 Å². The third kappa shape index (κ3) is 5.33. The molecular weight excluding hydrogens is 599 g/mol. The van der Waals surface area contributed by atoms with Crippen molar-refractivity contribution in [2.24, 2.45) is 17.6 Å². The molecule has 4 aliphatic rings. The molecular formula is C35H41FN8O3. The first-order valence-electron chi connectivity index (χ1n) is 16.5. The van der Waals surface area contributed by atoms with Crippen LogP contribution in [0.4, 0.5) is 21.6 Å². The minimum atomic E-state index is -0.418. The summed E-state index contributed by atoms with van der Waals surface area (Å²) >= 11 is 0. The summed E-state index contributed by atoms with van der Waals surface area (Å²) in [7, 11) is 1.61. The van der Waals surface area contributed by atoms with Crippen molar-refractivity contribution in [1.29, 1.82) is 0 Å². The van der Waals surface area contributed by atoms with Gasteiger partial charge in [-0.1, -0.05) is 0 Å². The van der Waals surface area contributed by atoms with E-state index in [0.29, 0.717) is 84.2 Å². The summed E-state index contributed by atoms with van der Waals surface area (Å²) in [5.41, 5.74) is 15.7. The minimum absolute atomic E-state index is 0.0239. The van der Waals surface area contributed by atoms with Gasteiger partial charge in [-0.15, -0.1) is 0 Å². The number of anilines is 3. The van der Waals surface area contributed by atoms with Crippen molar-refractivity contribution in [2.75, 3.05) is 55.4 Å². The van der Waals surface area contributed by atoms with Crippen molar-refractivity contribution in [1.82, 2.24) is 19.4 Å². The van der Waals surface area contributed by atoms with Gasteiger partial charge in [0.1, 0.15) is 18.1 Å². The molecule has 0 radical (unpaired) electrons. The monoisotopic (exact) mass is 640 g/mol. The van der Waals surface area contributed by atoms with Crippen LogP contribution in [0.3, 0.4) is 0 Å². The Morgan fingerprint density at radius 2 is 1.94 bits per heavy atom. The third-order valence-electron chi connectivity index (χ3n) is 10.6. The zero-order chi connectivity index (χ0) is 32.4. The van der Waals surface area contributed by atoms with Gasteiger partial charge in [-0.3, -0.25) is 9.69 Å². The number of fused-ring (bicyclic) bond motifs is 1. The summed E-state index contributed by atoms with van der Waals surface area (Å²) in [5, 5.41) is 0.357. The maximum absolute atomic E-state index is 16.0. The van der Waals surface area contributed by atoms with Crippen LogP contribution in [-0.4, -0.2) is 71.4 Å². The first-order chi connectivity index (χ1) is 22.8. The molecule has 2 saturated heterocycles. The van der Waals surface area contributed by atoms with Gasteiger partial charge in [-0.25, -0.2) is 14.4 Å². The van der Waals surface area contributed by atoms with Gasteiger partial charge in [0.15, 0.2) is 17.0 Å². The van der Waals surface area contributed by atoms with Crippen molar-refractivity contribution in [2.45, 2.75) is 51.0 Å². The van der Waals surface area contributed by atoms with Crippen LogP contribution in [0.5, 0.6) is 11.6 Å². The van der Waals surface area contributed by atoms with Crippen LogP contribution in [0.2, 0.25) is 0 Å². The van der Waals surface area contributed by atoms with E-state index < -0.39 is 5.82 Å². The lowest BCUT2D eigenvalue weighted by molar-refractivity contribution is 0.157. The fourth-order valence-corrected chi connectivity index (χ4v) is 7.93. The molecule has 1 saturated carbocycles. The predicted octanol–water partition coefficient (Wildman–Crippen LogP) is 3.54. The van der Waals surface area contributed by atoms with Gasteiger partial charge in [0.05, 0.1) is 35.9 Å². The predicted molar refractivity (Wildman–Crippen MR) is 179 cm³/mol. The molecule has 8 rings (SSSR count). The number of halogens is 1. The molecule has 4 N–H and O–H groups in total. The quantitative estimate of drug-likeness (QED) is 0.295. The zero-order valence-corrected chi connectivity index (χ0v) is 26.8. The Balaban J connectivity index is 1.17. The number of benzene rings is 1. The van der Waals surface area contributed by atoms with Gasteiger partial charge in [0.2, 0.25) is 5.88 Å². The van der Waals surface area contributed by atoms with Crippen molar-refractivity contribution in [3.05, 3.63) is 76.1 Å². The largest absolute Gasteiger partial charge is 0.487 e. The molecule has 3 aliphatic heterocycles. The molecule has 11 nitrogen and oxygen atoms in total. The molecule has 1 aliphatic carbocycles. The average molecular weight is 641 g/mol. The molecule has 0 spiro atoms. The Morgan fingerprint density at radius 1 is 1.11 bits per heavy atom. The highest BCUT2D eigenvalue weighted by molar-refractivity contribution is 5.92. The maximum Gasteiger partial charge on any atom is 0.213 e. The highest BCUT2D eigenvalue weighted by Gasteiger charge is 2.54. The topological polar surface area (TPSA) is 128 Å². The Kier molecular flexibility index (Phi) is 7.44. The van der Waals surface area contributed by atoms with Crippen molar-refractivity contribution >= 4 is 28.1 Å². The van der Waals surface area contributed by atoms with Crippen LogP contribution < -0.4 is 36.2 Å². The number of hydrogen-bond acceptors (Lipinski definition) is 10. The lowest BCUT2D eigenvalue weighted by Gasteiger charge is -2.40. The SMILES string of the molecule is COc1cc(CN(Cc2cn3c4c(c(N5C[C@@H]6C(N)[C@@H]6C5)c(F)cc4c2=O)OCC3C)[C@H]2CCCN(c3ccc(N)nc3)C2)ccn1. The normalized spacial score (nSPS) is 24.8. The van der Waals surface area contributed by atoms with E-state index in [4.69, 9.17) is 20.9 Å². The van der Waals surface area contributed by atoms with Gasteiger partial charge in [0, 0.05) is 75.4 Å². The molecule has 47 heavy (non-hydrogen) atoms. The standard InChI is InChI=1S/C35H41FN8O3/c1-20-19-47-35-32-25(11-28(36)33(35)43-17-26-27(18-43)31(26)38)34(45)22(15-44(20)32)14-42(13-21-7-8-39-30(10-21)46-2)24-4-3-9-41(16-24)23-5-6-29(37)40-12-23/h5-8,10-12,15,20,24,26-27,31H,3-4,9,13-14,16-19,38H2,1-2H3,(H2,37,40)/t20?,24-,26-,27+,31?/m0/s1. The lowest BCUT2D eigenvalue weighted by Crippen LogP contribution is -2.48. The summed E-state index contributed by atoms with van der Waals surface area (Å²) in [6.07, 6.45) is 7.50. The fraction of sp³-hybridized carbons (Fsp3) is 0.457. The van der Waals surface area contributed by atoms with Crippen molar-refractivity contribution in [3.63, 3.8) is 0 Å². The van der Waals surface area contributed by atoms with E-state index in [9.17, 15) is 4.79 Å². The summed E-state index contributed by atoms with van der Waals surface area (Å²) in [4.78, 5) is 29.6. The number of aromatic nitrogens is 3. The summed E-state index contributed by atoms with van der Waals surface area (Å²) in [6.45, 7) is 6.56. The number of nitrogens with two attached hydrogens (primary N) is 2. The molecule has 246 valence electrons. The van der Waals surface area contributed by atoms with E-state index in [-0.39, 0.29) is 23.6 Å². The molecule has 3 aromatic heterocycles. The highest BCUT2D eigenvalue weighted by atomic mass is 19.1. The van der Waals surface area contributed by atoms with Gasteiger partial charge < -0.3 is 35.3 Å². The first-order valence-corrected chi connectivity index (χ1v) is 16.5. The number of methoxy groups -OCH3 is 1. The number of rotatable bonds is 8. The molecule has 3 fully saturated rings. The van der Waals surface area contributed by atoms with Crippen LogP contribution >= 0.6 is 0 Å². The van der Waals surface area contributed by atoms with E-state index in [1.165, 1.54) is 6.07 Å². The van der Waals surface area contributed by atoms with E-state index in [0.717, 1.165) is 37.2 Å². The molecule has 4 aromatic rings. The van der Waals surface area contributed by atoms with E-state index in [2.05, 4.69) is 36.2 Å². The van der Waals surface area contributed by atoms with Crippen LogP contribution in [0.1, 0.15) is 36.9 Å². The molecule has 1 aromatic carbocycles. The summed E-state index contributed by atoms with van der Waals surface area (Å²) < 4.78 is 29.8. The maximum atomic E-state index is 16.0. The number of nitrogen functional groups attached to an aromatic ring is 1. The Morgan fingerprint density at radius 3 is 2.70 bits per heavy atom. The Labute approximate surface area is 272 Å². The molecule has 12 heteroatoms. The average Bonchev–Trinajstić information content (AvgIpc) is 3.45. The second kappa shape index (κ2) is 11.7. The number of ether oxygens (including phenoxy) is 2. The molecule has 2 unspecified atom stereocenters. The van der Waals surface area contributed by atoms with E-state index >= 15 is 4.39 Å². The Hall–Kier alpha value is -4.42. The highest BCUT2D eigenvalue weighted by Crippen LogP contribution is 2.50. The molecule has 0 bridgehead atoms. The van der Waals surface area contributed by atoms with Gasteiger partial charge in [0.25, 0.3) is 0 Å². The number of pyridine rings is 3. The van der Waals surface area contributed by atoms with Crippen LogP contribution in [0, 0.1) is 17.7 Å². The van der Waals surface area contributed by atoms with E-state index in [1.54, 1.807) is 13.3 Å². The van der Waals surface area contributed by atoms with Gasteiger partial charge in [-0.05, 0) is 61.4 Å². The number of piperidine rings is 2.